The molecule has 0 bridgehead atoms. The molecule has 0 aromatic carbocycles. The highest BCUT2D eigenvalue weighted by Gasteiger charge is 2.31. The number of aliphatic carboxylic acids is 1. The van der Waals surface area contributed by atoms with Crippen molar-refractivity contribution in [1.82, 2.24) is 0 Å². The van der Waals surface area contributed by atoms with Crippen molar-refractivity contribution in [3.8, 4) is 0 Å². The van der Waals surface area contributed by atoms with E-state index in [4.69, 9.17) is 14.2 Å². The van der Waals surface area contributed by atoms with Gasteiger partial charge in [-0.15, -0.1) is 0 Å². The predicted molar refractivity (Wildman–Crippen MR) is 220 cm³/mol. The fraction of sp³-hybridized carbons (Fsp3) is 0.711. The van der Waals surface area contributed by atoms with E-state index in [1.54, 1.807) is 0 Å². The van der Waals surface area contributed by atoms with E-state index in [2.05, 4.69) is 74.6 Å². The summed E-state index contributed by atoms with van der Waals surface area (Å²) < 4.78 is 17.2. The maximum Gasteiger partial charge on any atom is 0.362 e. The number of esters is 2. The Morgan fingerprint density at radius 2 is 1.06 bits per heavy atom. The zero-order valence-electron chi connectivity index (χ0n) is 34.4. The number of hydrogen-bond donors (Lipinski definition) is 1. The van der Waals surface area contributed by atoms with Crippen LogP contribution in [0.1, 0.15) is 155 Å². The Hall–Kier alpha value is -2.97. The Morgan fingerprint density at radius 3 is 1.58 bits per heavy atom. The van der Waals surface area contributed by atoms with Crippen LogP contribution in [-0.2, 0) is 28.6 Å². The summed E-state index contributed by atoms with van der Waals surface area (Å²) in [6.07, 6.45) is 42.6. The van der Waals surface area contributed by atoms with Gasteiger partial charge in [-0.3, -0.25) is 9.59 Å². The lowest BCUT2D eigenvalue weighted by Gasteiger charge is -2.31. The lowest BCUT2D eigenvalue weighted by Crippen LogP contribution is -2.50. The minimum atomic E-state index is -0.884. The van der Waals surface area contributed by atoms with E-state index >= 15 is 0 Å². The maximum atomic E-state index is 12.7. The van der Waals surface area contributed by atoms with Crippen molar-refractivity contribution in [3.63, 3.8) is 0 Å². The van der Waals surface area contributed by atoms with Crippen LogP contribution in [0.5, 0.6) is 0 Å². The smallest absolute Gasteiger partial charge is 0.362 e. The van der Waals surface area contributed by atoms with Gasteiger partial charge in [0.15, 0.2) is 12.1 Å². The van der Waals surface area contributed by atoms with E-state index in [-0.39, 0.29) is 36.2 Å². The van der Waals surface area contributed by atoms with Crippen molar-refractivity contribution >= 4 is 17.9 Å². The van der Waals surface area contributed by atoms with Gasteiger partial charge in [0.2, 0.25) is 0 Å². The zero-order valence-corrected chi connectivity index (χ0v) is 34.4. The van der Waals surface area contributed by atoms with Gasteiger partial charge in [0, 0.05) is 19.3 Å². The maximum absolute atomic E-state index is 12.7. The van der Waals surface area contributed by atoms with Crippen molar-refractivity contribution in [3.05, 3.63) is 60.8 Å². The molecule has 8 nitrogen and oxygen atoms in total. The van der Waals surface area contributed by atoms with E-state index < -0.39 is 18.1 Å². The van der Waals surface area contributed by atoms with Crippen LogP contribution in [0.15, 0.2) is 60.8 Å². The molecule has 0 radical (unpaired) electrons. The molecule has 0 rings (SSSR count). The summed E-state index contributed by atoms with van der Waals surface area (Å²) in [5.74, 6) is -1.54. The van der Waals surface area contributed by atoms with Gasteiger partial charge in [-0.25, -0.2) is 4.79 Å². The second kappa shape index (κ2) is 36.0. The molecule has 2 unspecified atom stereocenters. The van der Waals surface area contributed by atoms with Gasteiger partial charge >= 0.3 is 17.9 Å². The molecule has 2 atom stereocenters. The van der Waals surface area contributed by atoms with Crippen molar-refractivity contribution in [2.24, 2.45) is 0 Å². The van der Waals surface area contributed by atoms with Crippen molar-refractivity contribution < 1.29 is 38.2 Å². The molecule has 0 amide bonds. The normalized spacial score (nSPS) is 13.6. The van der Waals surface area contributed by atoms with Gasteiger partial charge in [-0.05, 0) is 77.0 Å². The number of nitrogens with zero attached hydrogens (tertiary/aromatic N) is 1. The van der Waals surface area contributed by atoms with Gasteiger partial charge in [0.05, 0.1) is 34.4 Å². The average molecular weight is 745 g/mol. The van der Waals surface area contributed by atoms with Gasteiger partial charge in [0.1, 0.15) is 6.61 Å². The van der Waals surface area contributed by atoms with E-state index in [0.717, 1.165) is 83.5 Å². The number of carboxylic acid groups (broad SMARTS) is 1. The third kappa shape index (κ3) is 34.5. The summed E-state index contributed by atoms with van der Waals surface area (Å²) in [5, 5.41) is 9.60. The molecule has 304 valence electrons. The number of carboxylic acids is 1. The van der Waals surface area contributed by atoms with Crippen LogP contribution in [0.3, 0.4) is 0 Å². The first-order chi connectivity index (χ1) is 25.6. The van der Waals surface area contributed by atoms with Crippen LogP contribution in [0.4, 0.5) is 0 Å². The summed E-state index contributed by atoms with van der Waals surface area (Å²) >= 11 is 0. The van der Waals surface area contributed by atoms with Crippen LogP contribution in [0.25, 0.3) is 0 Å². The fourth-order valence-corrected chi connectivity index (χ4v) is 5.66. The molecular weight excluding hydrogens is 666 g/mol. The molecule has 53 heavy (non-hydrogen) atoms. The molecule has 0 aliphatic heterocycles. The molecule has 0 aliphatic rings. The zero-order chi connectivity index (χ0) is 39.3. The lowest BCUT2D eigenvalue weighted by atomic mass is 10.1. The topological polar surface area (TPSA) is 99.1 Å². The van der Waals surface area contributed by atoms with E-state index in [9.17, 15) is 19.5 Å². The van der Waals surface area contributed by atoms with E-state index in [0.29, 0.717) is 19.3 Å². The number of unbranched alkanes of at least 4 members (excludes halogenated alkanes) is 12. The number of carbonyl (C=O) groups is 3. The molecule has 1 N–H and O–H groups in total. The van der Waals surface area contributed by atoms with Crippen LogP contribution in [0.2, 0.25) is 0 Å². The fourth-order valence-electron chi connectivity index (χ4n) is 5.66. The molecule has 0 spiro atoms. The van der Waals surface area contributed by atoms with Gasteiger partial charge in [0.25, 0.3) is 0 Å². The summed E-state index contributed by atoms with van der Waals surface area (Å²) in [5.41, 5.74) is 0. The Bertz CT molecular complexity index is 1050. The molecule has 0 saturated carbocycles. The highest BCUT2D eigenvalue weighted by Crippen LogP contribution is 2.12. The third-order valence-electron chi connectivity index (χ3n) is 8.90. The number of rotatable bonds is 36. The Kier molecular flexibility index (Phi) is 34.0. The first kappa shape index (κ1) is 50.0. The predicted octanol–water partition coefficient (Wildman–Crippen LogP) is 11.0. The second-order valence-corrected chi connectivity index (χ2v) is 14.9. The quantitative estimate of drug-likeness (QED) is 0.0295. The molecule has 0 fully saturated rings. The Labute approximate surface area is 324 Å². The van der Waals surface area contributed by atoms with Crippen molar-refractivity contribution in [2.75, 3.05) is 41.0 Å². The van der Waals surface area contributed by atoms with E-state index in [1.165, 1.54) is 38.5 Å². The minimum absolute atomic E-state index is 0.0424. The number of ether oxygens (including phenoxy) is 3. The highest BCUT2D eigenvalue weighted by molar-refractivity contribution is 5.72. The highest BCUT2D eigenvalue weighted by atomic mass is 16.6. The van der Waals surface area contributed by atoms with Crippen molar-refractivity contribution in [2.45, 2.75) is 167 Å². The number of hydrogen-bond acceptors (Lipinski definition) is 6. The standard InChI is InChI=1S/C45H77NO7/c1-6-8-10-12-14-16-18-20-21-22-24-25-27-29-31-33-35-43(47)52-40-41(39-51-38-37-42(45(49)50)46(3,4)5)53-44(48)36-34-32-30-28-26-23-19-17-15-13-11-9-7-2/h8,10,14,16,20-21,23-26,41-42H,6-7,9,11-13,15,17-19,22,27-40H2,1-5H3/p+1/b10-8+,16-14+,21-20+,25-24+,26-23+. The molecule has 0 heterocycles. The monoisotopic (exact) mass is 745 g/mol. The van der Waals surface area contributed by atoms with Crippen LogP contribution < -0.4 is 0 Å². The molecule has 0 aromatic rings. The van der Waals surface area contributed by atoms with Crippen LogP contribution in [0, 0.1) is 0 Å². The average Bonchev–Trinajstić information content (AvgIpc) is 3.11. The first-order valence-electron chi connectivity index (χ1n) is 20.8. The van der Waals surface area contributed by atoms with Crippen LogP contribution in [-0.4, -0.2) is 80.6 Å². The first-order valence-corrected chi connectivity index (χ1v) is 20.8. The van der Waals surface area contributed by atoms with Gasteiger partial charge in [-0.1, -0.05) is 120 Å². The minimum Gasteiger partial charge on any atom is -0.477 e. The summed E-state index contributed by atoms with van der Waals surface area (Å²) in [6.45, 7) is 4.54. The molecule has 0 aliphatic carbocycles. The SMILES string of the molecule is CC/C=C/C/C=C/C/C=C/C/C=C/CCCCCC(=O)OCC(COCCC(C(=O)O)[N+](C)(C)C)OC(=O)CCCCC/C=C/CCCCCCCC. The number of quaternary nitrogens is 1. The summed E-state index contributed by atoms with van der Waals surface area (Å²) in [6, 6.07) is -0.623. The third-order valence-corrected chi connectivity index (χ3v) is 8.90. The van der Waals surface area contributed by atoms with Crippen molar-refractivity contribution in [1.29, 1.82) is 0 Å². The Balaban J connectivity index is 4.47. The number of likely N-dealkylation sites (N-methyl/N-ethyl adjacent to an activating group) is 1. The number of allylic oxidation sites excluding steroid dienone is 10. The summed E-state index contributed by atoms with van der Waals surface area (Å²) in [7, 11) is 5.50. The summed E-state index contributed by atoms with van der Waals surface area (Å²) in [4.78, 5) is 36.9. The molecular formula is C45H78NO7+. The Morgan fingerprint density at radius 1 is 0.585 bits per heavy atom. The van der Waals surface area contributed by atoms with Gasteiger partial charge < -0.3 is 23.8 Å². The van der Waals surface area contributed by atoms with E-state index in [1.807, 2.05) is 21.1 Å². The molecule has 0 saturated heterocycles. The largest absolute Gasteiger partial charge is 0.477 e. The molecule has 0 aromatic heterocycles. The second-order valence-electron chi connectivity index (χ2n) is 14.9. The number of carbonyl (C=O) groups excluding carboxylic acids is 2. The lowest BCUT2D eigenvalue weighted by molar-refractivity contribution is -0.887. The van der Waals surface area contributed by atoms with Crippen LogP contribution >= 0.6 is 0 Å². The van der Waals surface area contributed by atoms with Gasteiger partial charge in [-0.2, -0.15) is 0 Å². The molecule has 8 heteroatoms.